The van der Waals surface area contributed by atoms with Gasteiger partial charge in [-0.1, -0.05) is 6.07 Å². The molecule has 3 N–H and O–H groups in total. The van der Waals surface area contributed by atoms with Gasteiger partial charge >= 0.3 is 6.18 Å². The number of aromatic nitrogens is 8. The molecule has 5 aromatic rings. The Bertz CT molecular complexity index is 1570. The van der Waals surface area contributed by atoms with Crippen molar-refractivity contribution in [2.45, 2.75) is 13.1 Å². The topological polar surface area (TPSA) is 142 Å². The molecule has 0 atom stereocenters. The van der Waals surface area contributed by atoms with E-state index in [1.165, 1.54) is 6.33 Å². The van der Waals surface area contributed by atoms with Crippen molar-refractivity contribution in [3.63, 3.8) is 0 Å². The van der Waals surface area contributed by atoms with Crippen molar-refractivity contribution in [1.29, 1.82) is 0 Å². The summed E-state index contributed by atoms with van der Waals surface area (Å²) in [7, 11) is 0. The molecule has 4 aromatic heterocycles. The summed E-state index contributed by atoms with van der Waals surface area (Å²) in [5.74, 6) is -0.592. The number of nitrogens with zero attached hydrogens (tertiary/aromatic N) is 8. The van der Waals surface area contributed by atoms with E-state index in [1.807, 2.05) is 6.92 Å². The number of amides is 1. The van der Waals surface area contributed by atoms with Gasteiger partial charge in [0.15, 0.2) is 17.2 Å². The van der Waals surface area contributed by atoms with Crippen LogP contribution in [-0.2, 0) is 6.18 Å². The number of hydrogen-bond donors (Lipinski definition) is 2. The standard InChI is InChI=1S/C21H15F3N10O/c1-11-2-3-14(31-20(35)15-4-13(7-28-32-15)21(22,23)24)5-16(11)33-9-12(6-29-33)17-8-26-19-18(25)27-10-30-34(17)19/h2-10H,1H3,(H,31,35)(H2,25,27,30). The molecule has 176 valence electrons. The first-order valence-electron chi connectivity index (χ1n) is 10.0. The largest absolute Gasteiger partial charge is 0.418 e. The minimum Gasteiger partial charge on any atom is -0.381 e. The van der Waals surface area contributed by atoms with Crippen molar-refractivity contribution in [2.24, 2.45) is 0 Å². The van der Waals surface area contributed by atoms with Gasteiger partial charge in [0, 0.05) is 17.4 Å². The van der Waals surface area contributed by atoms with Crippen molar-refractivity contribution < 1.29 is 18.0 Å². The van der Waals surface area contributed by atoms with Gasteiger partial charge in [-0.05, 0) is 30.7 Å². The van der Waals surface area contributed by atoms with Gasteiger partial charge in [0.2, 0.25) is 0 Å². The zero-order chi connectivity index (χ0) is 24.7. The number of imidazole rings is 1. The van der Waals surface area contributed by atoms with Crippen LogP contribution in [0.3, 0.4) is 0 Å². The molecular weight excluding hydrogens is 465 g/mol. The molecule has 0 saturated carbocycles. The first-order valence-corrected chi connectivity index (χ1v) is 10.0. The third-order valence-corrected chi connectivity index (χ3v) is 5.14. The Balaban J connectivity index is 1.43. The maximum absolute atomic E-state index is 12.9. The van der Waals surface area contributed by atoms with Crippen molar-refractivity contribution in [1.82, 2.24) is 39.6 Å². The third-order valence-electron chi connectivity index (χ3n) is 5.14. The van der Waals surface area contributed by atoms with Crippen LogP contribution < -0.4 is 11.1 Å². The van der Waals surface area contributed by atoms with E-state index in [0.717, 1.165) is 5.56 Å². The van der Waals surface area contributed by atoms with Gasteiger partial charge in [-0.2, -0.15) is 28.5 Å². The third kappa shape index (κ3) is 4.12. The van der Waals surface area contributed by atoms with Crippen molar-refractivity contribution in [3.05, 3.63) is 72.2 Å². The quantitative estimate of drug-likeness (QED) is 0.400. The molecule has 0 radical (unpaired) electrons. The second-order valence-electron chi connectivity index (χ2n) is 7.48. The molecule has 0 aliphatic carbocycles. The highest BCUT2D eigenvalue weighted by molar-refractivity contribution is 6.03. The SMILES string of the molecule is Cc1ccc(NC(=O)c2cc(C(F)(F)F)cnn2)cc1-n1cc(-c2cnc3c(N)ncnn23)cn1. The molecular formula is C21H15F3N10O. The van der Waals surface area contributed by atoms with E-state index in [9.17, 15) is 18.0 Å². The fourth-order valence-electron chi connectivity index (χ4n) is 3.38. The van der Waals surface area contributed by atoms with Crippen LogP contribution in [0.15, 0.2) is 55.4 Å². The first-order chi connectivity index (χ1) is 16.7. The predicted octanol–water partition coefficient (Wildman–Crippen LogP) is 2.93. The van der Waals surface area contributed by atoms with Crippen LogP contribution >= 0.6 is 0 Å². The second kappa shape index (κ2) is 8.16. The molecule has 35 heavy (non-hydrogen) atoms. The number of hydrogen-bond acceptors (Lipinski definition) is 8. The number of nitrogen functional groups attached to an aromatic ring is 1. The van der Waals surface area contributed by atoms with Crippen molar-refractivity contribution in [3.8, 4) is 16.9 Å². The van der Waals surface area contributed by atoms with Gasteiger partial charge in [0.1, 0.15) is 6.33 Å². The van der Waals surface area contributed by atoms with Crippen molar-refractivity contribution in [2.75, 3.05) is 11.1 Å². The summed E-state index contributed by atoms with van der Waals surface area (Å²) in [6, 6.07) is 5.64. The highest BCUT2D eigenvalue weighted by atomic mass is 19.4. The van der Waals surface area contributed by atoms with E-state index in [2.05, 4.69) is 35.7 Å². The smallest absolute Gasteiger partial charge is 0.381 e. The molecule has 1 amide bonds. The molecule has 0 spiro atoms. The summed E-state index contributed by atoms with van der Waals surface area (Å²) in [6.45, 7) is 1.85. The van der Waals surface area contributed by atoms with Gasteiger partial charge in [-0.25, -0.2) is 19.2 Å². The van der Waals surface area contributed by atoms with Crippen LogP contribution in [0, 0.1) is 6.92 Å². The molecule has 11 nitrogen and oxygen atoms in total. The number of carbonyl (C=O) groups excluding carboxylic acids is 1. The molecule has 0 bridgehead atoms. The molecule has 0 saturated heterocycles. The Hall–Kier alpha value is -4.88. The van der Waals surface area contributed by atoms with Crippen LogP contribution in [-0.4, -0.2) is 45.5 Å². The van der Waals surface area contributed by atoms with E-state index < -0.39 is 23.3 Å². The Morgan fingerprint density at radius 1 is 1.09 bits per heavy atom. The Kier molecular flexibility index (Phi) is 5.12. The molecule has 14 heteroatoms. The van der Waals surface area contributed by atoms with Crippen LogP contribution in [0.25, 0.3) is 22.6 Å². The van der Waals surface area contributed by atoms with E-state index in [1.54, 1.807) is 46.0 Å². The van der Waals surface area contributed by atoms with E-state index in [-0.39, 0.29) is 5.82 Å². The fraction of sp³-hybridized carbons (Fsp3) is 0.0952. The lowest BCUT2D eigenvalue weighted by molar-refractivity contribution is -0.137. The average Bonchev–Trinajstić information content (AvgIpc) is 3.48. The summed E-state index contributed by atoms with van der Waals surface area (Å²) in [5, 5.41) is 17.9. The highest BCUT2D eigenvalue weighted by Gasteiger charge is 2.32. The predicted molar refractivity (Wildman–Crippen MR) is 117 cm³/mol. The van der Waals surface area contributed by atoms with Gasteiger partial charge in [0.25, 0.3) is 5.91 Å². The van der Waals surface area contributed by atoms with Crippen molar-refractivity contribution >= 4 is 23.1 Å². The van der Waals surface area contributed by atoms with Crippen LogP contribution in [0.2, 0.25) is 0 Å². The zero-order valence-electron chi connectivity index (χ0n) is 17.9. The number of alkyl halides is 3. The average molecular weight is 480 g/mol. The summed E-state index contributed by atoms with van der Waals surface area (Å²) in [4.78, 5) is 20.7. The minimum absolute atomic E-state index is 0.239. The van der Waals surface area contributed by atoms with Gasteiger partial charge in [-0.3, -0.25) is 4.79 Å². The number of rotatable bonds is 4. The van der Waals surface area contributed by atoms with Crippen LogP contribution in [0.1, 0.15) is 21.6 Å². The lowest BCUT2D eigenvalue weighted by atomic mass is 10.1. The second-order valence-corrected chi connectivity index (χ2v) is 7.48. The Labute approximate surface area is 194 Å². The molecule has 4 heterocycles. The number of aryl methyl sites for hydroxylation is 1. The normalized spacial score (nSPS) is 11.7. The van der Waals surface area contributed by atoms with Crippen LogP contribution in [0.4, 0.5) is 24.7 Å². The number of anilines is 2. The lowest BCUT2D eigenvalue weighted by Gasteiger charge is -2.11. The number of halogens is 3. The maximum atomic E-state index is 12.9. The first kappa shape index (κ1) is 21.9. The van der Waals surface area contributed by atoms with Gasteiger partial charge in [0.05, 0.1) is 35.5 Å². The van der Waals surface area contributed by atoms with E-state index in [4.69, 9.17) is 5.73 Å². The number of carbonyl (C=O) groups is 1. The monoisotopic (exact) mass is 480 g/mol. The fourth-order valence-corrected chi connectivity index (χ4v) is 3.38. The molecule has 0 aliphatic rings. The Morgan fingerprint density at radius 2 is 1.91 bits per heavy atom. The molecule has 1 aromatic carbocycles. The summed E-state index contributed by atoms with van der Waals surface area (Å²) < 4.78 is 41.9. The Morgan fingerprint density at radius 3 is 2.71 bits per heavy atom. The number of nitrogens with one attached hydrogen (secondary N) is 1. The van der Waals surface area contributed by atoms with Crippen LogP contribution in [0.5, 0.6) is 0 Å². The minimum atomic E-state index is -4.64. The van der Waals surface area contributed by atoms with E-state index >= 15 is 0 Å². The van der Waals surface area contributed by atoms with Gasteiger partial charge in [-0.15, -0.1) is 5.10 Å². The summed E-state index contributed by atoms with van der Waals surface area (Å²) >= 11 is 0. The van der Waals surface area contributed by atoms with E-state index in [0.29, 0.717) is 40.5 Å². The molecule has 0 unspecified atom stereocenters. The highest BCUT2D eigenvalue weighted by Crippen LogP contribution is 2.29. The molecule has 5 rings (SSSR count). The van der Waals surface area contributed by atoms with Gasteiger partial charge < -0.3 is 11.1 Å². The molecule has 0 aliphatic heterocycles. The summed E-state index contributed by atoms with van der Waals surface area (Å²) in [6.07, 6.45) is 2.20. The number of fused-ring (bicyclic) bond motifs is 1. The lowest BCUT2D eigenvalue weighted by Crippen LogP contribution is -2.17. The maximum Gasteiger partial charge on any atom is 0.418 e. The number of benzene rings is 1. The summed E-state index contributed by atoms with van der Waals surface area (Å²) in [5.41, 5.74) is 7.87. The zero-order valence-corrected chi connectivity index (χ0v) is 17.9. The molecule has 0 fully saturated rings. The number of nitrogens with two attached hydrogens (primary N) is 1.